The van der Waals surface area contributed by atoms with Crippen molar-refractivity contribution in [3.63, 3.8) is 0 Å². The van der Waals surface area contributed by atoms with Gasteiger partial charge in [0.05, 0.1) is 42.2 Å². The highest BCUT2D eigenvalue weighted by Crippen LogP contribution is 2.37. The van der Waals surface area contributed by atoms with Gasteiger partial charge in [-0.3, -0.25) is 9.88 Å². The largest absolute Gasteiger partial charge is 0.375 e. The number of fused-ring (bicyclic) bond motifs is 2. The van der Waals surface area contributed by atoms with Gasteiger partial charge in [-0.05, 0) is 62.7 Å². The van der Waals surface area contributed by atoms with Crippen molar-refractivity contribution in [1.29, 1.82) is 0 Å². The third kappa shape index (κ3) is 5.19. The first-order valence-corrected chi connectivity index (χ1v) is 13.9. The molecule has 0 amide bonds. The Morgan fingerprint density at radius 1 is 1.03 bits per heavy atom. The summed E-state index contributed by atoms with van der Waals surface area (Å²) in [4.78, 5) is 21.1. The molecule has 0 radical (unpaired) electrons. The van der Waals surface area contributed by atoms with Crippen LogP contribution >= 0.6 is 0 Å². The Labute approximate surface area is 225 Å². The summed E-state index contributed by atoms with van der Waals surface area (Å²) in [6.07, 6.45) is 5.28. The van der Waals surface area contributed by atoms with E-state index >= 15 is 0 Å². The van der Waals surface area contributed by atoms with Crippen molar-refractivity contribution in [3.8, 4) is 0 Å². The molecule has 1 unspecified atom stereocenters. The Bertz CT molecular complexity index is 1350. The fourth-order valence-corrected chi connectivity index (χ4v) is 5.95. The van der Waals surface area contributed by atoms with Crippen LogP contribution in [0.4, 0.5) is 5.69 Å². The van der Waals surface area contributed by atoms with E-state index in [-0.39, 0.29) is 12.1 Å². The number of ether oxygens (including phenoxy) is 1. The van der Waals surface area contributed by atoms with E-state index in [1.807, 2.05) is 12.3 Å². The van der Waals surface area contributed by atoms with E-state index in [2.05, 4.69) is 88.4 Å². The molecule has 1 fully saturated rings. The van der Waals surface area contributed by atoms with Gasteiger partial charge in [-0.15, -0.1) is 0 Å². The topological polar surface area (TPSA) is 60.5 Å². The Hall–Kier alpha value is -3.26. The number of nitrogens with zero attached hydrogens (tertiary/aromatic N) is 5. The van der Waals surface area contributed by atoms with Crippen molar-refractivity contribution in [2.75, 3.05) is 51.8 Å². The molecule has 2 atom stereocenters. The van der Waals surface area contributed by atoms with Gasteiger partial charge in [-0.2, -0.15) is 0 Å². The fraction of sp³-hybridized carbons (Fsp3) is 0.419. The second-order valence-corrected chi connectivity index (χ2v) is 10.7. The van der Waals surface area contributed by atoms with E-state index in [4.69, 9.17) is 14.7 Å². The average molecular weight is 511 g/mol. The van der Waals surface area contributed by atoms with Crippen molar-refractivity contribution < 1.29 is 4.74 Å². The number of hydrogen-bond acceptors (Lipinski definition) is 6. The summed E-state index contributed by atoms with van der Waals surface area (Å²) in [5, 5.41) is 0. The third-order valence-electron chi connectivity index (χ3n) is 8.21. The maximum absolute atomic E-state index is 6.35. The minimum atomic E-state index is -0.0237. The van der Waals surface area contributed by atoms with Crippen LogP contribution in [0.2, 0.25) is 0 Å². The van der Waals surface area contributed by atoms with E-state index in [1.165, 1.54) is 28.9 Å². The number of piperazine rings is 1. The molecule has 2 aromatic carbocycles. The number of hydrogen-bond donors (Lipinski definition) is 1. The zero-order chi connectivity index (χ0) is 25.9. The summed E-state index contributed by atoms with van der Waals surface area (Å²) in [6.45, 7) is 5.31. The number of rotatable bonds is 8. The molecular formula is C31H38N6O. The molecule has 7 heteroatoms. The predicted octanol–water partition coefficient (Wildman–Crippen LogP) is 4.98. The molecule has 1 aliphatic heterocycles. The van der Waals surface area contributed by atoms with Crippen LogP contribution in [0.3, 0.4) is 0 Å². The molecule has 0 bridgehead atoms. The lowest BCUT2D eigenvalue weighted by molar-refractivity contribution is 0.0348. The molecule has 7 nitrogen and oxygen atoms in total. The van der Waals surface area contributed by atoms with Crippen molar-refractivity contribution in [3.05, 3.63) is 89.5 Å². The van der Waals surface area contributed by atoms with Gasteiger partial charge in [0, 0.05) is 32.4 Å². The van der Waals surface area contributed by atoms with E-state index in [9.17, 15) is 0 Å². The highest BCUT2D eigenvalue weighted by atomic mass is 16.5. The smallest absolute Gasteiger partial charge is 0.127 e. The number of H-pyrrole nitrogens is 1. The fourth-order valence-electron chi connectivity index (χ4n) is 5.95. The number of aromatic amines is 1. The molecule has 3 heterocycles. The minimum Gasteiger partial charge on any atom is -0.375 e. The van der Waals surface area contributed by atoms with Gasteiger partial charge < -0.3 is 19.5 Å². The molecule has 2 aromatic heterocycles. The highest BCUT2D eigenvalue weighted by molar-refractivity contribution is 5.89. The molecule has 4 aromatic rings. The van der Waals surface area contributed by atoms with E-state index in [1.54, 1.807) is 0 Å². The van der Waals surface area contributed by atoms with Crippen LogP contribution in [0, 0.1) is 0 Å². The van der Waals surface area contributed by atoms with Gasteiger partial charge in [0.2, 0.25) is 0 Å². The number of benzene rings is 2. The van der Waals surface area contributed by atoms with Gasteiger partial charge in [0.1, 0.15) is 11.3 Å². The predicted molar refractivity (Wildman–Crippen MR) is 152 cm³/mol. The van der Waals surface area contributed by atoms with Crippen molar-refractivity contribution in [2.45, 2.75) is 38.0 Å². The number of imidazole rings is 1. The number of nitrogens with one attached hydrogen (secondary N) is 1. The average Bonchev–Trinajstić information content (AvgIpc) is 3.40. The molecule has 1 N–H and O–H groups in total. The van der Waals surface area contributed by atoms with Crippen LogP contribution in [0.25, 0.3) is 11.0 Å². The highest BCUT2D eigenvalue weighted by Gasteiger charge is 2.32. The molecule has 6 rings (SSSR count). The minimum absolute atomic E-state index is 0.0237. The number of aromatic nitrogens is 3. The van der Waals surface area contributed by atoms with E-state index in [0.29, 0.717) is 13.2 Å². The molecule has 198 valence electrons. The lowest BCUT2D eigenvalue weighted by Crippen LogP contribution is -2.44. The van der Waals surface area contributed by atoms with Crippen LogP contribution in [-0.2, 0) is 17.8 Å². The second kappa shape index (κ2) is 11.2. The van der Waals surface area contributed by atoms with Crippen molar-refractivity contribution in [1.82, 2.24) is 24.8 Å². The van der Waals surface area contributed by atoms with Crippen LogP contribution < -0.4 is 4.90 Å². The Morgan fingerprint density at radius 3 is 2.71 bits per heavy atom. The first kappa shape index (κ1) is 25.0. The standard InChI is InChI=1S/C31H38N6O/c1-35-17-19-37(20-18-35)27-15-7-13-25-30(27)34-31(33-25)28(22-38-21-23-9-4-3-5-10-23)36(2)26-14-6-11-24-12-8-16-32-29(24)26/h3-5,7-10,12-13,15-16,26,28H,6,11,14,17-22H2,1-2H3,(H,33,34)/t26?,28-/m1/s1. The van der Waals surface area contributed by atoms with Gasteiger partial charge >= 0.3 is 0 Å². The number of aryl methyl sites for hydroxylation is 1. The lowest BCUT2D eigenvalue weighted by atomic mass is 9.90. The zero-order valence-corrected chi connectivity index (χ0v) is 22.5. The van der Waals surface area contributed by atoms with Crippen LogP contribution in [0.1, 0.15) is 47.6 Å². The van der Waals surface area contributed by atoms with Crippen molar-refractivity contribution in [2.24, 2.45) is 0 Å². The quantitative estimate of drug-likeness (QED) is 0.361. The SMILES string of the molecule is CN1CCN(c2cccc3[nH]c([C@@H](COCc4ccccc4)N(C)C4CCCc5cccnc54)nc23)CC1. The maximum atomic E-state index is 6.35. The summed E-state index contributed by atoms with van der Waals surface area (Å²) < 4.78 is 6.35. The molecule has 1 aliphatic carbocycles. The number of pyridine rings is 1. The molecule has 0 spiro atoms. The van der Waals surface area contributed by atoms with Gasteiger partial charge in [-0.1, -0.05) is 42.5 Å². The molecule has 2 aliphatic rings. The third-order valence-corrected chi connectivity index (χ3v) is 8.21. The first-order chi connectivity index (χ1) is 18.7. The zero-order valence-electron chi connectivity index (χ0n) is 22.5. The Balaban J connectivity index is 1.32. The monoisotopic (exact) mass is 510 g/mol. The number of likely N-dealkylation sites (N-methyl/N-ethyl adjacent to an activating group) is 2. The Morgan fingerprint density at radius 2 is 1.87 bits per heavy atom. The summed E-state index contributed by atoms with van der Waals surface area (Å²) in [7, 11) is 4.40. The number of anilines is 1. The van der Waals surface area contributed by atoms with Crippen LogP contribution in [0.15, 0.2) is 66.9 Å². The second-order valence-electron chi connectivity index (χ2n) is 10.7. The van der Waals surface area contributed by atoms with Crippen molar-refractivity contribution >= 4 is 16.7 Å². The number of para-hydroxylation sites is 1. The summed E-state index contributed by atoms with van der Waals surface area (Å²) in [6, 6.07) is 21.4. The molecule has 38 heavy (non-hydrogen) atoms. The normalized spacial score (nSPS) is 19.1. The molecular weight excluding hydrogens is 472 g/mol. The van der Waals surface area contributed by atoms with Gasteiger partial charge in [-0.25, -0.2) is 4.98 Å². The molecule has 1 saturated heterocycles. The van der Waals surface area contributed by atoms with E-state index in [0.717, 1.165) is 55.9 Å². The summed E-state index contributed by atoms with van der Waals surface area (Å²) in [5.41, 5.74) is 7.09. The van der Waals surface area contributed by atoms with Gasteiger partial charge in [0.15, 0.2) is 0 Å². The summed E-state index contributed by atoms with van der Waals surface area (Å²) >= 11 is 0. The first-order valence-electron chi connectivity index (χ1n) is 13.9. The molecule has 0 saturated carbocycles. The lowest BCUT2D eigenvalue weighted by Gasteiger charge is -2.36. The Kier molecular flexibility index (Phi) is 7.40. The maximum Gasteiger partial charge on any atom is 0.127 e. The van der Waals surface area contributed by atoms with Crippen LogP contribution in [0.5, 0.6) is 0 Å². The van der Waals surface area contributed by atoms with Gasteiger partial charge in [0.25, 0.3) is 0 Å². The van der Waals surface area contributed by atoms with Crippen LogP contribution in [-0.4, -0.2) is 71.6 Å². The summed E-state index contributed by atoms with van der Waals surface area (Å²) in [5.74, 6) is 0.959. The van der Waals surface area contributed by atoms with E-state index < -0.39 is 0 Å².